The van der Waals surface area contributed by atoms with Crippen molar-refractivity contribution < 1.29 is 0 Å². The predicted octanol–water partition coefficient (Wildman–Crippen LogP) is 3.82. The number of rotatable bonds is 4. The van der Waals surface area contributed by atoms with Crippen molar-refractivity contribution in [2.75, 3.05) is 13.6 Å². The number of nitrogens with one attached hydrogen (secondary N) is 1. The van der Waals surface area contributed by atoms with Crippen molar-refractivity contribution in [3.63, 3.8) is 0 Å². The molecule has 1 saturated carbocycles. The molecule has 0 atom stereocenters. The average molecular weight is 323 g/mol. The van der Waals surface area contributed by atoms with Gasteiger partial charge in [0.05, 0.1) is 5.69 Å². The van der Waals surface area contributed by atoms with E-state index in [-0.39, 0.29) is 0 Å². The minimum atomic E-state index is 0.315. The van der Waals surface area contributed by atoms with E-state index in [9.17, 15) is 0 Å². The number of hydrogen-bond donors (Lipinski definition) is 1. The lowest BCUT2D eigenvalue weighted by molar-refractivity contribution is 0.611. The molecule has 94 valence electrons. The fourth-order valence-corrected chi connectivity index (χ4v) is 3.62. The minimum Gasteiger partial charge on any atom is -0.319 e. The van der Waals surface area contributed by atoms with Crippen LogP contribution in [-0.2, 0) is 5.41 Å². The van der Waals surface area contributed by atoms with E-state index in [0.29, 0.717) is 5.41 Å². The lowest BCUT2D eigenvalue weighted by Crippen LogP contribution is -2.23. The summed E-state index contributed by atoms with van der Waals surface area (Å²) in [6, 6.07) is 8.34. The van der Waals surface area contributed by atoms with Crippen LogP contribution in [-0.4, -0.2) is 18.6 Å². The third kappa shape index (κ3) is 2.25. The van der Waals surface area contributed by atoms with Crippen LogP contribution in [0.3, 0.4) is 0 Å². The van der Waals surface area contributed by atoms with Crippen molar-refractivity contribution >= 4 is 27.3 Å². The van der Waals surface area contributed by atoms with Gasteiger partial charge < -0.3 is 5.32 Å². The molecule has 0 unspecified atom stereocenters. The minimum absolute atomic E-state index is 0.315. The summed E-state index contributed by atoms with van der Waals surface area (Å²) < 4.78 is 1.10. The summed E-state index contributed by atoms with van der Waals surface area (Å²) >= 11 is 5.25. The number of nitrogens with zero attached hydrogens (tertiary/aromatic N) is 1. The molecule has 0 aliphatic heterocycles. The van der Waals surface area contributed by atoms with Crippen LogP contribution in [0.2, 0.25) is 0 Å². The van der Waals surface area contributed by atoms with Gasteiger partial charge in [0.25, 0.3) is 0 Å². The molecule has 1 aromatic carbocycles. The molecule has 18 heavy (non-hydrogen) atoms. The van der Waals surface area contributed by atoms with Gasteiger partial charge in [-0.15, -0.1) is 11.3 Å². The van der Waals surface area contributed by atoms with Gasteiger partial charge in [0.2, 0.25) is 0 Å². The second-order valence-electron chi connectivity index (χ2n) is 4.86. The van der Waals surface area contributed by atoms with Crippen molar-refractivity contribution in [3.8, 4) is 10.6 Å². The van der Waals surface area contributed by atoms with Crippen molar-refractivity contribution in [1.29, 1.82) is 0 Å². The van der Waals surface area contributed by atoms with Crippen molar-refractivity contribution in [2.45, 2.75) is 18.3 Å². The van der Waals surface area contributed by atoms with Gasteiger partial charge in [-0.1, -0.05) is 28.1 Å². The topological polar surface area (TPSA) is 24.9 Å². The molecular weight excluding hydrogens is 308 g/mol. The predicted molar refractivity (Wildman–Crippen MR) is 80.1 cm³/mol. The van der Waals surface area contributed by atoms with Crippen molar-refractivity contribution in [3.05, 3.63) is 39.8 Å². The van der Waals surface area contributed by atoms with E-state index in [0.717, 1.165) is 16.0 Å². The Labute approximate surface area is 120 Å². The first-order chi connectivity index (χ1) is 8.73. The molecule has 1 heterocycles. The van der Waals surface area contributed by atoms with Crippen LogP contribution in [0.15, 0.2) is 34.1 Å². The summed E-state index contributed by atoms with van der Waals surface area (Å²) in [5.41, 5.74) is 2.77. The Morgan fingerprint density at radius 1 is 1.44 bits per heavy atom. The Morgan fingerprint density at radius 3 is 2.94 bits per heavy atom. The third-order valence-corrected chi connectivity index (χ3v) is 4.87. The number of halogens is 1. The van der Waals surface area contributed by atoms with E-state index in [4.69, 9.17) is 4.98 Å². The zero-order valence-electron chi connectivity index (χ0n) is 10.2. The Bertz CT molecular complexity index is 560. The molecule has 0 amide bonds. The molecule has 0 saturated heterocycles. The van der Waals surface area contributed by atoms with Gasteiger partial charge in [-0.3, -0.25) is 0 Å². The zero-order valence-corrected chi connectivity index (χ0v) is 12.6. The number of thiazole rings is 1. The second kappa shape index (κ2) is 4.76. The van der Waals surface area contributed by atoms with Crippen LogP contribution < -0.4 is 5.32 Å². The van der Waals surface area contributed by atoms with Crippen LogP contribution in [0.25, 0.3) is 10.6 Å². The Balaban J connectivity index is 1.90. The smallest absolute Gasteiger partial charge is 0.123 e. The molecule has 0 bridgehead atoms. The van der Waals surface area contributed by atoms with Gasteiger partial charge in [-0.05, 0) is 32.0 Å². The SMILES string of the molecule is CNCC1(c2csc(-c3cccc(Br)c3)n2)CC1. The van der Waals surface area contributed by atoms with Crippen LogP contribution in [0.5, 0.6) is 0 Å². The summed E-state index contributed by atoms with van der Waals surface area (Å²) in [6.07, 6.45) is 2.52. The van der Waals surface area contributed by atoms with Crippen molar-refractivity contribution in [1.82, 2.24) is 10.3 Å². The number of aromatic nitrogens is 1. The fourth-order valence-electron chi connectivity index (χ4n) is 2.28. The Kier molecular flexibility index (Phi) is 3.26. The maximum absolute atomic E-state index is 4.83. The van der Waals surface area contributed by atoms with Gasteiger partial charge in [0.1, 0.15) is 5.01 Å². The van der Waals surface area contributed by atoms with Gasteiger partial charge in [-0.25, -0.2) is 4.98 Å². The van der Waals surface area contributed by atoms with E-state index in [1.807, 2.05) is 13.1 Å². The first-order valence-corrected chi connectivity index (χ1v) is 7.77. The summed E-state index contributed by atoms with van der Waals surface area (Å²) in [6.45, 7) is 1.04. The molecule has 0 spiro atoms. The zero-order chi connectivity index (χ0) is 12.6. The average Bonchev–Trinajstić information content (AvgIpc) is 2.97. The highest BCUT2D eigenvalue weighted by Gasteiger charge is 2.45. The third-order valence-electron chi connectivity index (χ3n) is 3.49. The number of hydrogen-bond acceptors (Lipinski definition) is 3. The number of likely N-dealkylation sites (N-methyl/N-ethyl adjacent to an activating group) is 1. The first kappa shape index (κ1) is 12.3. The highest BCUT2D eigenvalue weighted by atomic mass is 79.9. The highest BCUT2D eigenvalue weighted by Crippen LogP contribution is 2.48. The highest BCUT2D eigenvalue weighted by molar-refractivity contribution is 9.10. The number of benzene rings is 1. The van der Waals surface area contributed by atoms with Crippen LogP contribution in [0.4, 0.5) is 0 Å². The Hall–Kier alpha value is -0.710. The first-order valence-electron chi connectivity index (χ1n) is 6.10. The molecule has 1 aromatic heterocycles. The summed E-state index contributed by atoms with van der Waals surface area (Å²) in [7, 11) is 2.02. The lowest BCUT2D eigenvalue weighted by atomic mass is 10.0. The monoisotopic (exact) mass is 322 g/mol. The molecular formula is C14H15BrN2S. The van der Waals surface area contributed by atoms with Gasteiger partial charge in [0, 0.05) is 27.4 Å². The second-order valence-corrected chi connectivity index (χ2v) is 6.63. The largest absolute Gasteiger partial charge is 0.319 e. The molecule has 2 nitrogen and oxygen atoms in total. The van der Waals surface area contributed by atoms with Crippen LogP contribution in [0.1, 0.15) is 18.5 Å². The molecule has 1 aliphatic carbocycles. The molecule has 0 radical (unpaired) electrons. The molecule has 1 fully saturated rings. The normalized spacial score (nSPS) is 16.8. The maximum atomic E-state index is 4.83. The van der Waals surface area contributed by atoms with E-state index >= 15 is 0 Å². The fraction of sp³-hybridized carbons (Fsp3) is 0.357. The molecule has 1 N–H and O–H groups in total. The van der Waals surface area contributed by atoms with Crippen LogP contribution in [0, 0.1) is 0 Å². The summed E-state index contributed by atoms with van der Waals surface area (Å²) in [5, 5.41) is 6.63. The molecule has 4 heteroatoms. The Morgan fingerprint density at radius 2 is 2.28 bits per heavy atom. The lowest BCUT2D eigenvalue weighted by Gasteiger charge is -2.10. The standard InChI is InChI=1S/C14H15BrN2S/c1-16-9-14(5-6-14)12-8-18-13(17-12)10-3-2-4-11(15)7-10/h2-4,7-8,16H,5-6,9H2,1H3. The molecule has 1 aliphatic rings. The van der Waals surface area contributed by atoms with E-state index in [1.54, 1.807) is 11.3 Å². The van der Waals surface area contributed by atoms with Gasteiger partial charge in [0.15, 0.2) is 0 Å². The van der Waals surface area contributed by atoms with Crippen LogP contribution >= 0.6 is 27.3 Å². The maximum Gasteiger partial charge on any atom is 0.123 e. The molecule has 2 aromatic rings. The van der Waals surface area contributed by atoms with Gasteiger partial charge >= 0.3 is 0 Å². The summed E-state index contributed by atoms with van der Waals surface area (Å²) in [5.74, 6) is 0. The van der Waals surface area contributed by atoms with Crippen molar-refractivity contribution in [2.24, 2.45) is 0 Å². The van der Waals surface area contributed by atoms with E-state index in [1.165, 1.54) is 24.1 Å². The van der Waals surface area contributed by atoms with E-state index in [2.05, 4.69) is 44.8 Å². The summed E-state index contributed by atoms with van der Waals surface area (Å²) in [4.78, 5) is 4.83. The quantitative estimate of drug-likeness (QED) is 0.925. The molecule has 3 rings (SSSR count). The van der Waals surface area contributed by atoms with Gasteiger partial charge in [-0.2, -0.15) is 0 Å². The van der Waals surface area contributed by atoms with E-state index < -0.39 is 0 Å².